The first-order chi connectivity index (χ1) is 13.4. The molecule has 0 radical (unpaired) electrons. The average molecular weight is 373 g/mol. The maximum absolute atomic E-state index is 9.69. The second kappa shape index (κ2) is 7.82. The van der Waals surface area contributed by atoms with Crippen molar-refractivity contribution >= 4 is 0 Å². The Kier molecular flexibility index (Phi) is 5.64. The fraction of sp³-hybridized carbons (Fsp3) is 0.667. The molecule has 3 saturated carbocycles. The Balaban J connectivity index is 2.24. The molecule has 6 atom stereocenters. The second-order valence-corrected chi connectivity index (χ2v) is 9.46. The molecule has 0 saturated heterocycles. The summed E-state index contributed by atoms with van der Waals surface area (Å²) in [5.74, 6) is 3.50. The fourth-order valence-corrected chi connectivity index (χ4v) is 6.22. The lowest BCUT2D eigenvalue weighted by atomic mass is 9.63. The number of nitrogens with zero attached hydrogens (tertiary/aromatic N) is 4. The van der Waals surface area contributed by atoms with E-state index in [2.05, 4.69) is 49.5 Å². The topological polar surface area (TPSA) is 56.3 Å². The Morgan fingerprint density at radius 2 is 1.14 bits per heavy atom. The number of hydrogen-bond donors (Lipinski definition) is 0. The summed E-state index contributed by atoms with van der Waals surface area (Å²) in [7, 11) is 0. The van der Waals surface area contributed by atoms with Gasteiger partial charge in [-0.05, 0) is 84.2 Å². The highest BCUT2D eigenvalue weighted by Crippen LogP contribution is 2.62. The third-order valence-corrected chi connectivity index (χ3v) is 7.71. The van der Waals surface area contributed by atoms with Crippen LogP contribution >= 0.6 is 0 Å². The highest BCUT2D eigenvalue weighted by Gasteiger charge is 2.54. The number of nitriles is 2. The Bertz CT molecular complexity index is 772. The molecule has 0 spiro atoms. The molecule has 28 heavy (non-hydrogen) atoms. The summed E-state index contributed by atoms with van der Waals surface area (Å²) in [5, 5.41) is 19.4. The maximum Gasteiger partial charge on any atom is 0.264 e. The van der Waals surface area contributed by atoms with Gasteiger partial charge in [0.15, 0.2) is 0 Å². The zero-order chi connectivity index (χ0) is 20.6. The van der Waals surface area contributed by atoms with E-state index in [-0.39, 0.29) is 23.2 Å². The van der Waals surface area contributed by atoms with E-state index in [1.54, 1.807) is 0 Å². The Labute approximate surface area is 169 Å². The molecular weight excluding hydrogens is 344 g/mol. The Morgan fingerprint density at radius 3 is 1.39 bits per heavy atom. The SMILES string of the molecule is [C-]#[N+]C(C#N)=C1/C(=C(\C#N)[N+]#[C-])C2CC(C(C)C)CC2C2CC(C(C)C)CC12. The van der Waals surface area contributed by atoms with Gasteiger partial charge in [-0.15, -0.1) is 0 Å². The summed E-state index contributed by atoms with van der Waals surface area (Å²) >= 11 is 0. The molecule has 4 nitrogen and oxygen atoms in total. The molecule has 6 unspecified atom stereocenters. The molecule has 0 heterocycles. The van der Waals surface area contributed by atoms with Gasteiger partial charge >= 0.3 is 0 Å². The molecule has 0 N–H and O–H groups in total. The van der Waals surface area contributed by atoms with Crippen LogP contribution in [0, 0.1) is 83.1 Å². The molecule has 3 aliphatic carbocycles. The number of hydrogen-bond acceptors (Lipinski definition) is 2. The number of allylic oxidation sites excluding steroid dienone is 4. The van der Waals surface area contributed by atoms with E-state index in [0.29, 0.717) is 35.5 Å². The van der Waals surface area contributed by atoms with E-state index in [4.69, 9.17) is 13.1 Å². The smallest absolute Gasteiger partial charge is 0.226 e. The summed E-state index contributed by atoms with van der Waals surface area (Å²) < 4.78 is 0. The first-order valence-corrected chi connectivity index (χ1v) is 10.4. The van der Waals surface area contributed by atoms with Crippen molar-refractivity contribution in [3.05, 3.63) is 45.4 Å². The molecule has 0 bridgehead atoms. The third-order valence-electron chi connectivity index (χ3n) is 7.71. The van der Waals surface area contributed by atoms with Crippen molar-refractivity contribution in [2.45, 2.75) is 53.4 Å². The van der Waals surface area contributed by atoms with Crippen molar-refractivity contribution in [3.8, 4) is 12.1 Å². The van der Waals surface area contributed by atoms with Crippen LogP contribution in [0.25, 0.3) is 9.69 Å². The summed E-state index contributed by atoms with van der Waals surface area (Å²) in [6.07, 6.45) is 4.21. The van der Waals surface area contributed by atoms with Gasteiger partial charge in [-0.25, -0.2) is 20.2 Å². The van der Waals surface area contributed by atoms with Crippen molar-refractivity contribution in [2.24, 2.45) is 47.3 Å². The van der Waals surface area contributed by atoms with Crippen molar-refractivity contribution < 1.29 is 0 Å². The molecule has 0 aliphatic heterocycles. The van der Waals surface area contributed by atoms with E-state index in [0.717, 1.165) is 36.8 Å². The number of rotatable bonds is 2. The largest absolute Gasteiger partial charge is 0.264 e. The molecule has 0 aromatic carbocycles. The van der Waals surface area contributed by atoms with Crippen LogP contribution in [0.5, 0.6) is 0 Å². The lowest BCUT2D eigenvalue weighted by Crippen LogP contribution is -2.33. The Hall–Kier alpha value is -2.56. The normalized spacial score (nSPS) is 37.4. The molecule has 0 aromatic rings. The predicted molar refractivity (Wildman–Crippen MR) is 108 cm³/mol. The zero-order valence-electron chi connectivity index (χ0n) is 17.2. The van der Waals surface area contributed by atoms with Crippen LogP contribution in [-0.4, -0.2) is 0 Å². The molecule has 3 rings (SSSR count). The summed E-state index contributed by atoms with van der Waals surface area (Å²) in [5.41, 5.74) is 1.72. The van der Waals surface area contributed by atoms with Gasteiger partial charge in [0.1, 0.15) is 0 Å². The minimum absolute atomic E-state index is 0.109. The highest BCUT2D eigenvalue weighted by molar-refractivity contribution is 5.56. The molecule has 144 valence electrons. The van der Waals surface area contributed by atoms with E-state index in [1.807, 2.05) is 0 Å². The standard InChI is InChI=1S/C24H28N4/c1-13(2)15-7-17-18-8-16(14(3)4)10-20(18)24(22(12-26)28-6)23(19(17)9-15)21(11-25)27-5/h13-20H,7-10H2,1-4H3/b23-21+,24-22?. The van der Waals surface area contributed by atoms with Crippen molar-refractivity contribution in [1.82, 2.24) is 0 Å². The average Bonchev–Trinajstić information content (AvgIpc) is 3.29. The van der Waals surface area contributed by atoms with Crippen LogP contribution < -0.4 is 0 Å². The monoisotopic (exact) mass is 372 g/mol. The van der Waals surface area contributed by atoms with E-state index in [9.17, 15) is 10.5 Å². The van der Waals surface area contributed by atoms with Gasteiger partial charge in [0.05, 0.1) is 25.3 Å². The quantitative estimate of drug-likeness (QED) is 0.441. The van der Waals surface area contributed by atoms with Gasteiger partial charge in [-0.1, -0.05) is 27.7 Å². The van der Waals surface area contributed by atoms with E-state index >= 15 is 0 Å². The van der Waals surface area contributed by atoms with Crippen LogP contribution in [0.15, 0.2) is 22.5 Å². The summed E-state index contributed by atoms with van der Waals surface area (Å²) in [4.78, 5) is 7.10. The minimum atomic E-state index is 0.109. The lowest BCUT2D eigenvalue weighted by molar-refractivity contribution is 0.213. The minimum Gasteiger partial charge on any atom is -0.226 e. The second-order valence-electron chi connectivity index (χ2n) is 9.46. The molecule has 3 fully saturated rings. The maximum atomic E-state index is 9.69. The Morgan fingerprint density at radius 1 is 0.786 bits per heavy atom. The summed E-state index contributed by atoms with van der Waals surface area (Å²) in [6, 6.07) is 4.21. The van der Waals surface area contributed by atoms with Gasteiger partial charge in [0.25, 0.3) is 11.4 Å². The van der Waals surface area contributed by atoms with Crippen molar-refractivity contribution in [2.75, 3.05) is 0 Å². The van der Waals surface area contributed by atoms with Crippen LogP contribution in [0.2, 0.25) is 0 Å². The van der Waals surface area contributed by atoms with Gasteiger partial charge in [-0.3, -0.25) is 0 Å². The lowest BCUT2D eigenvalue weighted by Gasteiger charge is -2.41. The first-order valence-electron chi connectivity index (χ1n) is 10.4. The van der Waals surface area contributed by atoms with E-state index in [1.165, 1.54) is 0 Å². The molecular formula is C24H28N4. The van der Waals surface area contributed by atoms with Gasteiger partial charge in [0.2, 0.25) is 0 Å². The van der Waals surface area contributed by atoms with Crippen molar-refractivity contribution in [1.29, 1.82) is 10.5 Å². The molecule has 3 aliphatic rings. The predicted octanol–water partition coefficient (Wildman–Crippen LogP) is 5.99. The zero-order valence-corrected chi connectivity index (χ0v) is 17.2. The van der Waals surface area contributed by atoms with E-state index < -0.39 is 0 Å². The number of fused-ring (bicyclic) bond motifs is 3. The van der Waals surface area contributed by atoms with Crippen LogP contribution in [-0.2, 0) is 0 Å². The first kappa shape index (κ1) is 20.2. The molecule has 0 aromatic heterocycles. The van der Waals surface area contributed by atoms with Gasteiger partial charge in [-0.2, -0.15) is 0 Å². The highest BCUT2D eigenvalue weighted by atomic mass is 14.7. The van der Waals surface area contributed by atoms with Crippen molar-refractivity contribution in [3.63, 3.8) is 0 Å². The van der Waals surface area contributed by atoms with Gasteiger partial charge in [0, 0.05) is 0 Å². The fourth-order valence-electron chi connectivity index (χ4n) is 6.22. The van der Waals surface area contributed by atoms with Crippen LogP contribution in [0.3, 0.4) is 0 Å². The van der Waals surface area contributed by atoms with Crippen LogP contribution in [0.1, 0.15) is 53.4 Å². The molecule has 0 amide bonds. The molecule has 4 heteroatoms. The summed E-state index contributed by atoms with van der Waals surface area (Å²) in [6.45, 7) is 24.2. The van der Waals surface area contributed by atoms with Gasteiger partial charge < -0.3 is 0 Å². The van der Waals surface area contributed by atoms with Crippen LogP contribution in [0.4, 0.5) is 0 Å². The third kappa shape index (κ3) is 3.13.